The quantitative estimate of drug-likeness (QED) is 0.744. The van der Waals surface area contributed by atoms with Crippen LogP contribution >= 0.6 is 22.9 Å². The normalized spacial score (nSPS) is 20.8. The molecule has 3 nitrogen and oxygen atoms in total. The zero-order valence-corrected chi connectivity index (χ0v) is 12.9. The fraction of sp³-hybridized carbons (Fsp3) is 0.714. The van der Waals surface area contributed by atoms with Crippen molar-refractivity contribution in [1.82, 2.24) is 5.32 Å². The van der Waals surface area contributed by atoms with Gasteiger partial charge in [-0.05, 0) is 44.9 Å². The molecule has 2 rings (SSSR count). The first-order chi connectivity index (χ1) is 9.25. The lowest BCUT2D eigenvalue weighted by molar-refractivity contribution is 0.0165. The Morgan fingerprint density at radius 1 is 1.58 bits per heavy atom. The Balaban J connectivity index is 1.49. The fourth-order valence-electron chi connectivity index (χ4n) is 2.14. The highest BCUT2D eigenvalue weighted by molar-refractivity contribution is 7.16. The summed E-state index contributed by atoms with van der Waals surface area (Å²) in [7, 11) is 0. The van der Waals surface area contributed by atoms with Crippen molar-refractivity contribution in [2.45, 2.75) is 38.3 Å². The molecule has 1 aliphatic heterocycles. The molecular weight excluding hydrogens is 282 g/mol. The maximum Gasteiger partial charge on any atom is 0.0931 e. The van der Waals surface area contributed by atoms with Crippen molar-refractivity contribution in [1.29, 1.82) is 0 Å². The van der Waals surface area contributed by atoms with E-state index in [4.69, 9.17) is 21.1 Å². The lowest BCUT2D eigenvalue weighted by atomic mass is 10.2. The average molecular weight is 304 g/mol. The maximum absolute atomic E-state index is 5.93. The molecule has 0 spiro atoms. The number of halogens is 1. The zero-order chi connectivity index (χ0) is 13.5. The molecule has 0 radical (unpaired) electrons. The van der Waals surface area contributed by atoms with E-state index < -0.39 is 0 Å². The van der Waals surface area contributed by atoms with Crippen LogP contribution in [0.5, 0.6) is 0 Å². The number of rotatable bonds is 8. The minimum Gasteiger partial charge on any atom is -0.379 e. The van der Waals surface area contributed by atoms with Crippen molar-refractivity contribution in [3.05, 3.63) is 21.3 Å². The Morgan fingerprint density at radius 3 is 3.16 bits per heavy atom. The highest BCUT2D eigenvalue weighted by Crippen LogP contribution is 2.26. The highest BCUT2D eigenvalue weighted by atomic mass is 35.5. The van der Waals surface area contributed by atoms with Crippen LogP contribution in [0.15, 0.2) is 12.1 Å². The molecule has 1 aromatic heterocycles. The van der Waals surface area contributed by atoms with E-state index in [2.05, 4.69) is 18.3 Å². The highest BCUT2D eigenvalue weighted by Gasteiger charge is 2.15. The van der Waals surface area contributed by atoms with Gasteiger partial charge in [0, 0.05) is 24.1 Å². The van der Waals surface area contributed by atoms with Gasteiger partial charge in [-0.3, -0.25) is 0 Å². The zero-order valence-electron chi connectivity index (χ0n) is 11.4. The Labute approximate surface area is 124 Å². The van der Waals surface area contributed by atoms with Crippen LogP contribution in [0, 0.1) is 0 Å². The van der Waals surface area contributed by atoms with Crippen molar-refractivity contribution >= 4 is 22.9 Å². The van der Waals surface area contributed by atoms with Crippen LogP contribution in [0.1, 0.15) is 37.1 Å². The molecule has 19 heavy (non-hydrogen) atoms. The molecular formula is C14H22ClNO2S. The van der Waals surface area contributed by atoms with Gasteiger partial charge in [0.15, 0.2) is 0 Å². The van der Waals surface area contributed by atoms with Gasteiger partial charge < -0.3 is 14.8 Å². The predicted molar refractivity (Wildman–Crippen MR) is 80.2 cm³/mol. The summed E-state index contributed by atoms with van der Waals surface area (Å²) < 4.78 is 12.0. The summed E-state index contributed by atoms with van der Waals surface area (Å²) >= 11 is 7.56. The molecule has 0 saturated carbocycles. The SMILES string of the molecule is CC(NCCCOCC1CCCO1)c1ccc(Cl)s1. The van der Waals surface area contributed by atoms with Gasteiger partial charge in [-0.25, -0.2) is 0 Å². The maximum atomic E-state index is 5.93. The second kappa shape index (κ2) is 8.22. The number of ether oxygens (including phenoxy) is 2. The molecule has 0 amide bonds. The molecule has 0 aromatic carbocycles. The van der Waals surface area contributed by atoms with Crippen LogP contribution in [-0.4, -0.2) is 32.5 Å². The van der Waals surface area contributed by atoms with Crippen molar-refractivity contribution in [3.63, 3.8) is 0 Å². The van der Waals surface area contributed by atoms with Crippen LogP contribution in [0.3, 0.4) is 0 Å². The van der Waals surface area contributed by atoms with Gasteiger partial charge in [0.25, 0.3) is 0 Å². The average Bonchev–Trinajstić information content (AvgIpc) is 3.04. The molecule has 2 atom stereocenters. The van der Waals surface area contributed by atoms with Gasteiger partial charge in [-0.2, -0.15) is 0 Å². The van der Waals surface area contributed by atoms with Gasteiger partial charge >= 0.3 is 0 Å². The summed E-state index contributed by atoms with van der Waals surface area (Å²) in [5.41, 5.74) is 0. The van der Waals surface area contributed by atoms with Crippen molar-refractivity contribution < 1.29 is 9.47 Å². The fourth-order valence-corrected chi connectivity index (χ4v) is 3.23. The first-order valence-electron chi connectivity index (χ1n) is 6.93. The summed E-state index contributed by atoms with van der Waals surface area (Å²) in [6.07, 6.45) is 3.68. The van der Waals surface area contributed by atoms with Crippen LogP contribution in [0.25, 0.3) is 0 Å². The second-order valence-corrected chi connectivity index (χ2v) is 6.63. The van der Waals surface area contributed by atoms with Crippen molar-refractivity contribution in [2.75, 3.05) is 26.4 Å². The van der Waals surface area contributed by atoms with E-state index in [1.165, 1.54) is 11.3 Å². The first-order valence-corrected chi connectivity index (χ1v) is 8.13. The number of nitrogens with one attached hydrogen (secondary N) is 1. The van der Waals surface area contributed by atoms with E-state index in [-0.39, 0.29) is 0 Å². The first kappa shape index (κ1) is 15.3. The minimum atomic E-state index is 0.333. The lowest BCUT2D eigenvalue weighted by Gasteiger charge is -2.13. The minimum absolute atomic E-state index is 0.333. The smallest absolute Gasteiger partial charge is 0.0931 e. The number of hydrogen-bond donors (Lipinski definition) is 1. The summed E-state index contributed by atoms with van der Waals surface area (Å²) in [6, 6.07) is 4.39. The summed E-state index contributed by atoms with van der Waals surface area (Å²) in [4.78, 5) is 1.28. The molecule has 1 aromatic rings. The Bertz CT molecular complexity index is 366. The molecule has 0 aliphatic carbocycles. The third kappa shape index (κ3) is 5.40. The Morgan fingerprint density at radius 2 is 2.47 bits per heavy atom. The van der Waals surface area contributed by atoms with Gasteiger partial charge in [0.1, 0.15) is 0 Å². The monoisotopic (exact) mass is 303 g/mol. The molecule has 108 valence electrons. The molecule has 1 aliphatic rings. The molecule has 0 bridgehead atoms. The molecule has 1 N–H and O–H groups in total. The molecule has 1 fully saturated rings. The van der Waals surface area contributed by atoms with E-state index in [0.29, 0.717) is 12.1 Å². The van der Waals surface area contributed by atoms with E-state index in [1.54, 1.807) is 11.3 Å². The van der Waals surface area contributed by atoms with Crippen LogP contribution in [-0.2, 0) is 9.47 Å². The van der Waals surface area contributed by atoms with E-state index in [0.717, 1.165) is 43.5 Å². The molecule has 5 heteroatoms. The topological polar surface area (TPSA) is 30.5 Å². The van der Waals surface area contributed by atoms with E-state index in [9.17, 15) is 0 Å². The lowest BCUT2D eigenvalue weighted by Crippen LogP contribution is -2.21. The number of thiophene rings is 1. The standard InChI is InChI=1S/C14H22ClNO2S/c1-11(13-5-6-14(15)19-13)16-7-3-8-17-10-12-4-2-9-18-12/h5-6,11-12,16H,2-4,7-10H2,1H3. The number of hydrogen-bond acceptors (Lipinski definition) is 4. The van der Waals surface area contributed by atoms with E-state index in [1.807, 2.05) is 6.07 Å². The van der Waals surface area contributed by atoms with Crippen LogP contribution in [0.2, 0.25) is 4.34 Å². The van der Waals surface area contributed by atoms with Crippen molar-refractivity contribution in [3.8, 4) is 0 Å². The summed E-state index contributed by atoms with van der Waals surface area (Å²) in [5, 5.41) is 3.48. The van der Waals surface area contributed by atoms with Crippen LogP contribution in [0.4, 0.5) is 0 Å². The van der Waals surface area contributed by atoms with E-state index >= 15 is 0 Å². The van der Waals surface area contributed by atoms with Crippen LogP contribution < -0.4 is 5.32 Å². The van der Waals surface area contributed by atoms with Gasteiger partial charge in [0.05, 0.1) is 17.0 Å². The predicted octanol–water partition coefficient (Wildman–Crippen LogP) is 3.64. The third-order valence-electron chi connectivity index (χ3n) is 3.26. The second-order valence-electron chi connectivity index (χ2n) is 4.88. The largest absolute Gasteiger partial charge is 0.379 e. The molecule has 2 heterocycles. The molecule has 2 unspecified atom stereocenters. The summed E-state index contributed by atoms with van der Waals surface area (Å²) in [6.45, 7) is 5.56. The Kier molecular flexibility index (Phi) is 6.61. The summed E-state index contributed by atoms with van der Waals surface area (Å²) in [5.74, 6) is 0. The third-order valence-corrected chi connectivity index (χ3v) is 4.68. The van der Waals surface area contributed by atoms with Gasteiger partial charge in [-0.15, -0.1) is 11.3 Å². The Hall–Kier alpha value is -0.130. The van der Waals surface area contributed by atoms with Crippen molar-refractivity contribution in [2.24, 2.45) is 0 Å². The van der Waals surface area contributed by atoms with Gasteiger partial charge in [0.2, 0.25) is 0 Å². The molecule has 1 saturated heterocycles. The van der Waals surface area contributed by atoms with Gasteiger partial charge in [-0.1, -0.05) is 11.6 Å².